The second-order valence-corrected chi connectivity index (χ2v) is 5.93. The molecule has 0 aromatic carbocycles. The van der Waals surface area contributed by atoms with Crippen LogP contribution in [0, 0.1) is 11.8 Å². The molecule has 19 heavy (non-hydrogen) atoms. The third kappa shape index (κ3) is 2.56. The third-order valence-electron chi connectivity index (χ3n) is 4.74. The predicted octanol–water partition coefficient (Wildman–Crippen LogP) is 1.65. The van der Waals surface area contributed by atoms with Crippen molar-refractivity contribution in [1.82, 2.24) is 5.32 Å². The Morgan fingerprint density at radius 1 is 1.58 bits per heavy atom. The Labute approximate surface area is 114 Å². The first-order chi connectivity index (χ1) is 9.29. The van der Waals surface area contributed by atoms with Gasteiger partial charge in [-0.2, -0.15) is 0 Å². The maximum Gasteiger partial charge on any atom is 0.224 e. The average Bonchev–Trinajstić information content (AvgIpc) is 3.02. The van der Waals surface area contributed by atoms with Crippen molar-refractivity contribution in [3.05, 3.63) is 11.6 Å². The molecule has 2 aliphatic carbocycles. The molecule has 1 saturated carbocycles. The number of rotatable bonds is 5. The number of ether oxygens (including phenoxy) is 2. The van der Waals surface area contributed by atoms with Gasteiger partial charge >= 0.3 is 0 Å². The van der Waals surface area contributed by atoms with Crippen LogP contribution in [0.4, 0.5) is 0 Å². The molecule has 3 aliphatic rings. The van der Waals surface area contributed by atoms with E-state index < -0.39 is 0 Å². The number of allylic oxidation sites excluding steroid dienone is 1. The lowest BCUT2D eigenvalue weighted by Gasteiger charge is -2.47. The van der Waals surface area contributed by atoms with Crippen LogP contribution in [0.15, 0.2) is 11.6 Å². The summed E-state index contributed by atoms with van der Waals surface area (Å²) in [5.74, 6) is 1.00. The first kappa shape index (κ1) is 13.1. The van der Waals surface area contributed by atoms with Crippen molar-refractivity contribution in [2.45, 2.75) is 44.2 Å². The van der Waals surface area contributed by atoms with Crippen LogP contribution < -0.4 is 5.32 Å². The minimum absolute atomic E-state index is 0.171. The summed E-state index contributed by atoms with van der Waals surface area (Å²) in [6.07, 6.45) is 7.60. The Balaban J connectivity index is 1.54. The summed E-state index contributed by atoms with van der Waals surface area (Å²) < 4.78 is 11.0. The maximum atomic E-state index is 12.1. The summed E-state index contributed by atoms with van der Waals surface area (Å²) in [6.45, 7) is 1.50. The molecule has 4 heteroatoms. The Morgan fingerprint density at radius 3 is 3.21 bits per heavy atom. The highest BCUT2D eigenvalue weighted by atomic mass is 16.5. The van der Waals surface area contributed by atoms with Crippen LogP contribution >= 0.6 is 0 Å². The fourth-order valence-corrected chi connectivity index (χ4v) is 3.78. The highest BCUT2D eigenvalue weighted by molar-refractivity contribution is 5.79. The summed E-state index contributed by atoms with van der Waals surface area (Å²) in [5, 5.41) is 3.21. The molecule has 4 nitrogen and oxygen atoms in total. The fourth-order valence-electron chi connectivity index (χ4n) is 3.78. The summed E-state index contributed by atoms with van der Waals surface area (Å²) in [6, 6.07) is 0.252. The van der Waals surface area contributed by atoms with Crippen molar-refractivity contribution in [2.75, 3.05) is 20.3 Å². The molecule has 106 valence electrons. The minimum atomic E-state index is 0.171. The number of methoxy groups -OCH3 is 1. The van der Waals surface area contributed by atoms with Crippen molar-refractivity contribution in [3.63, 3.8) is 0 Å². The molecule has 0 unspecified atom stereocenters. The molecular weight excluding hydrogens is 242 g/mol. The van der Waals surface area contributed by atoms with Gasteiger partial charge in [0.1, 0.15) is 0 Å². The molecule has 1 aliphatic heterocycles. The van der Waals surface area contributed by atoms with Crippen LogP contribution in [0.25, 0.3) is 0 Å². The van der Waals surface area contributed by atoms with Gasteiger partial charge in [-0.1, -0.05) is 11.6 Å². The normalized spacial score (nSPS) is 36.6. The van der Waals surface area contributed by atoms with Crippen LogP contribution in [-0.2, 0) is 14.3 Å². The molecule has 1 heterocycles. The third-order valence-corrected chi connectivity index (χ3v) is 4.74. The first-order valence-electron chi connectivity index (χ1n) is 7.37. The second-order valence-electron chi connectivity index (χ2n) is 5.93. The van der Waals surface area contributed by atoms with Gasteiger partial charge in [-0.25, -0.2) is 0 Å². The molecule has 2 fully saturated rings. The van der Waals surface area contributed by atoms with Crippen molar-refractivity contribution < 1.29 is 14.3 Å². The second kappa shape index (κ2) is 5.63. The lowest BCUT2D eigenvalue weighted by atomic mass is 9.67. The van der Waals surface area contributed by atoms with E-state index in [1.54, 1.807) is 7.11 Å². The zero-order valence-corrected chi connectivity index (χ0v) is 11.6. The number of nitrogens with one attached hydrogen (secondary N) is 1. The molecule has 3 rings (SSSR count). The highest BCUT2D eigenvalue weighted by Crippen LogP contribution is 2.43. The van der Waals surface area contributed by atoms with Gasteiger partial charge in [0.2, 0.25) is 5.91 Å². The molecule has 1 N–H and O–H groups in total. The van der Waals surface area contributed by atoms with Crippen molar-refractivity contribution >= 4 is 5.91 Å². The number of carbonyl (C=O) groups excluding carboxylic acids is 1. The Kier molecular flexibility index (Phi) is 3.89. The summed E-state index contributed by atoms with van der Waals surface area (Å²) >= 11 is 0. The summed E-state index contributed by atoms with van der Waals surface area (Å²) in [4.78, 5) is 12.1. The monoisotopic (exact) mass is 265 g/mol. The molecule has 1 saturated heterocycles. The fraction of sp³-hybridized carbons (Fsp3) is 0.800. The molecule has 0 spiro atoms. The van der Waals surface area contributed by atoms with E-state index in [0.717, 1.165) is 25.9 Å². The van der Waals surface area contributed by atoms with Crippen LogP contribution in [0.3, 0.4) is 0 Å². The van der Waals surface area contributed by atoms with Gasteiger partial charge in [0.15, 0.2) is 0 Å². The van der Waals surface area contributed by atoms with E-state index in [4.69, 9.17) is 9.47 Å². The summed E-state index contributed by atoms with van der Waals surface area (Å²) in [5.41, 5.74) is 1.30. The maximum absolute atomic E-state index is 12.1. The molecule has 0 aromatic rings. The standard InChI is InChI=1S/C15H23NO3/c1-18-9-12-14(11-6-7-19-15(11)12)16-13(17)8-10-4-2-3-5-10/h4,11-12,14-15H,2-3,5-9H2,1H3,(H,16,17)/t11-,12+,14-,15-/m0/s1. The first-order valence-corrected chi connectivity index (χ1v) is 7.37. The number of amides is 1. The molecule has 0 radical (unpaired) electrons. The van der Waals surface area contributed by atoms with Crippen LogP contribution in [0.2, 0.25) is 0 Å². The smallest absolute Gasteiger partial charge is 0.224 e. The SMILES string of the molecule is COC[C@@H]1[C@@H](NC(=O)CC2=CCCC2)[C@@H]2CCO[C@H]12. The van der Waals surface area contributed by atoms with E-state index >= 15 is 0 Å². The average molecular weight is 265 g/mol. The van der Waals surface area contributed by atoms with Crippen LogP contribution in [0.1, 0.15) is 32.1 Å². The van der Waals surface area contributed by atoms with Gasteiger partial charge in [-0.05, 0) is 25.7 Å². The van der Waals surface area contributed by atoms with Gasteiger partial charge in [0, 0.05) is 38.0 Å². The molecular formula is C15H23NO3. The molecule has 0 bridgehead atoms. The van der Waals surface area contributed by atoms with E-state index in [9.17, 15) is 4.79 Å². The van der Waals surface area contributed by atoms with Crippen LogP contribution in [-0.4, -0.2) is 38.4 Å². The Hall–Kier alpha value is -0.870. The lowest BCUT2D eigenvalue weighted by Crippen LogP contribution is -2.62. The zero-order chi connectivity index (χ0) is 13.2. The summed E-state index contributed by atoms with van der Waals surface area (Å²) in [7, 11) is 1.71. The number of fused-ring (bicyclic) bond motifs is 1. The number of carbonyl (C=O) groups is 1. The van der Waals surface area contributed by atoms with E-state index in [1.165, 1.54) is 12.0 Å². The van der Waals surface area contributed by atoms with Crippen molar-refractivity contribution in [3.8, 4) is 0 Å². The van der Waals surface area contributed by atoms with Crippen molar-refractivity contribution in [2.24, 2.45) is 11.8 Å². The Morgan fingerprint density at radius 2 is 2.47 bits per heavy atom. The lowest BCUT2D eigenvalue weighted by molar-refractivity contribution is -0.129. The van der Waals surface area contributed by atoms with Crippen molar-refractivity contribution in [1.29, 1.82) is 0 Å². The molecule has 1 amide bonds. The minimum Gasteiger partial charge on any atom is -0.384 e. The molecule has 0 aromatic heterocycles. The van der Waals surface area contributed by atoms with E-state index in [1.807, 2.05) is 0 Å². The van der Waals surface area contributed by atoms with Gasteiger partial charge in [0.05, 0.1) is 12.7 Å². The van der Waals surface area contributed by atoms with E-state index in [0.29, 0.717) is 31.0 Å². The largest absolute Gasteiger partial charge is 0.384 e. The van der Waals surface area contributed by atoms with Crippen LogP contribution in [0.5, 0.6) is 0 Å². The topological polar surface area (TPSA) is 47.6 Å². The van der Waals surface area contributed by atoms with Gasteiger partial charge in [-0.15, -0.1) is 0 Å². The van der Waals surface area contributed by atoms with Gasteiger partial charge in [-0.3, -0.25) is 4.79 Å². The highest BCUT2D eigenvalue weighted by Gasteiger charge is 2.54. The molecule has 4 atom stereocenters. The zero-order valence-electron chi connectivity index (χ0n) is 11.6. The number of hydrogen-bond acceptors (Lipinski definition) is 3. The van der Waals surface area contributed by atoms with E-state index in [2.05, 4.69) is 11.4 Å². The Bertz CT molecular complexity index is 380. The van der Waals surface area contributed by atoms with Gasteiger partial charge in [0.25, 0.3) is 0 Å². The van der Waals surface area contributed by atoms with E-state index in [-0.39, 0.29) is 11.9 Å². The number of hydrogen-bond donors (Lipinski definition) is 1. The predicted molar refractivity (Wildman–Crippen MR) is 71.7 cm³/mol. The quantitative estimate of drug-likeness (QED) is 0.769. The van der Waals surface area contributed by atoms with Gasteiger partial charge < -0.3 is 14.8 Å².